The van der Waals surface area contributed by atoms with E-state index < -0.39 is 0 Å². The van der Waals surface area contributed by atoms with Crippen molar-refractivity contribution in [2.75, 3.05) is 20.3 Å². The van der Waals surface area contributed by atoms with Gasteiger partial charge in [0, 0.05) is 49.4 Å². The van der Waals surface area contributed by atoms with Crippen LogP contribution in [-0.2, 0) is 22.4 Å². The van der Waals surface area contributed by atoms with Crippen LogP contribution in [0.5, 0.6) is 11.5 Å². The number of carbonyl (C=O) groups excluding carboxylic acids is 2. The Kier molecular flexibility index (Phi) is 15.3. The first-order chi connectivity index (χ1) is 21.8. The fraction of sp³-hybridized carbons (Fsp3) is 0.568. The van der Waals surface area contributed by atoms with Crippen molar-refractivity contribution in [2.24, 2.45) is 17.6 Å². The molecule has 0 saturated heterocycles. The first kappa shape index (κ1) is 36.0. The van der Waals surface area contributed by atoms with Gasteiger partial charge in [-0.25, -0.2) is 0 Å². The molecule has 3 rings (SSSR count). The van der Waals surface area contributed by atoms with Crippen LogP contribution in [0.25, 0.3) is 0 Å². The second-order valence-corrected chi connectivity index (χ2v) is 12.6. The number of aliphatic hydroxyl groups is 1. The number of ether oxygens (including phenoxy) is 1. The number of hydrogen-bond donors (Lipinski definition) is 5. The fourth-order valence-corrected chi connectivity index (χ4v) is 6.49. The lowest BCUT2D eigenvalue weighted by Gasteiger charge is -2.30. The smallest absolute Gasteiger partial charge is 0.161 e. The molecular weight excluding hydrogens is 566 g/mol. The predicted molar refractivity (Wildman–Crippen MR) is 180 cm³/mol. The minimum atomic E-state index is -0.387. The number of carbonyl (C=O) groups is 2. The van der Waals surface area contributed by atoms with Crippen molar-refractivity contribution in [3.05, 3.63) is 70.8 Å². The number of benzene rings is 1. The number of allylic oxidation sites excluding steroid dienone is 2. The minimum absolute atomic E-state index is 0.00119. The number of phenols is 1. The highest BCUT2D eigenvalue weighted by molar-refractivity contribution is 5.99. The number of nitrogens with two attached hydrogens (primary N) is 1. The third-order valence-electron chi connectivity index (χ3n) is 8.93. The van der Waals surface area contributed by atoms with Gasteiger partial charge in [0.05, 0.1) is 19.4 Å². The molecule has 2 heterocycles. The number of aliphatic hydroxyl groups excluding tert-OH is 1. The number of nitrogens with one attached hydrogen (secondary N) is 2. The molecule has 0 amide bonds. The maximum Gasteiger partial charge on any atom is 0.161 e. The summed E-state index contributed by atoms with van der Waals surface area (Å²) in [5.41, 5.74) is 9.44. The molecule has 0 aliphatic carbocycles. The summed E-state index contributed by atoms with van der Waals surface area (Å²) in [4.78, 5) is 29.2. The van der Waals surface area contributed by atoms with Gasteiger partial charge in [-0.15, -0.1) is 0 Å². The van der Waals surface area contributed by atoms with E-state index in [4.69, 9.17) is 10.5 Å². The Morgan fingerprint density at radius 2 is 1.80 bits per heavy atom. The van der Waals surface area contributed by atoms with Crippen molar-refractivity contribution >= 4 is 11.6 Å². The average Bonchev–Trinajstić information content (AvgIpc) is 3.54. The number of Topliss-reactive ketones (excluding diaryl/α,β-unsaturated/α-hetero) is 2. The van der Waals surface area contributed by atoms with Gasteiger partial charge in [-0.05, 0) is 60.1 Å². The predicted octanol–water partition coefficient (Wildman–Crippen LogP) is 6.62. The van der Waals surface area contributed by atoms with Crippen molar-refractivity contribution in [2.45, 2.75) is 103 Å². The molecule has 1 aromatic heterocycles. The summed E-state index contributed by atoms with van der Waals surface area (Å²) >= 11 is 0. The molecule has 0 radical (unpaired) electrons. The van der Waals surface area contributed by atoms with Crippen molar-refractivity contribution < 1.29 is 24.5 Å². The Labute approximate surface area is 269 Å². The van der Waals surface area contributed by atoms with Gasteiger partial charge < -0.3 is 31.0 Å². The van der Waals surface area contributed by atoms with Gasteiger partial charge in [0.25, 0.3) is 0 Å². The molecule has 8 nitrogen and oxygen atoms in total. The monoisotopic (exact) mass is 621 g/mol. The molecular formula is C37H55N3O5. The van der Waals surface area contributed by atoms with Crippen LogP contribution < -0.4 is 15.8 Å². The maximum absolute atomic E-state index is 13.0. The first-order valence-corrected chi connectivity index (χ1v) is 16.9. The minimum Gasteiger partial charge on any atom is -0.504 e. The topological polar surface area (TPSA) is 138 Å². The Hall–Kier alpha value is -3.52. The zero-order valence-electron chi connectivity index (χ0n) is 27.6. The average molecular weight is 622 g/mol. The summed E-state index contributed by atoms with van der Waals surface area (Å²) in [6, 6.07) is 7.55. The van der Waals surface area contributed by atoms with Crippen molar-refractivity contribution in [1.29, 1.82) is 0 Å². The van der Waals surface area contributed by atoms with E-state index in [-0.39, 0.29) is 48.6 Å². The number of rotatable bonds is 22. The second-order valence-electron chi connectivity index (χ2n) is 12.6. The normalized spacial score (nSPS) is 14.4. The molecule has 0 bridgehead atoms. The number of ketones is 2. The number of aromatic hydroxyl groups is 1. The van der Waals surface area contributed by atoms with Crippen LogP contribution in [0.15, 0.2) is 54.0 Å². The standard InChI is InChI=1S/C37H55N3O5/c1-4-6-8-11-26(12-9-7-5-2)19-32(43)24-31(42)15-14-27-20-33(37(44)34(21-27)45-3)36(28-16-18-40-35(38)23-28)29(25-41)22-30-13-10-17-39-30/h10,13,16-17,20-21,23,26,29,36,39-41,44H,4-9,11-12,14-15,18-19,22,24-25,38H2,1-3H3/t29-,36-/m0/s1. The van der Waals surface area contributed by atoms with Crippen LogP contribution >= 0.6 is 0 Å². The lowest BCUT2D eigenvalue weighted by molar-refractivity contribution is -0.127. The molecule has 0 spiro atoms. The number of aromatic nitrogens is 1. The van der Waals surface area contributed by atoms with Crippen molar-refractivity contribution in [1.82, 2.24) is 10.3 Å². The van der Waals surface area contributed by atoms with Gasteiger partial charge in [-0.3, -0.25) is 9.59 Å². The molecule has 6 N–H and O–H groups in total. The number of hydrogen-bond acceptors (Lipinski definition) is 7. The summed E-state index contributed by atoms with van der Waals surface area (Å²) in [5.74, 6) is 0.503. The van der Waals surface area contributed by atoms with E-state index in [1.165, 1.54) is 20.0 Å². The number of methoxy groups -OCH3 is 1. The van der Waals surface area contributed by atoms with Crippen molar-refractivity contribution in [3.8, 4) is 11.5 Å². The maximum atomic E-state index is 13.0. The lowest BCUT2D eigenvalue weighted by atomic mass is 9.76. The summed E-state index contributed by atoms with van der Waals surface area (Å²) < 4.78 is 5.57. The van der Waals surface area contributed by atoms with Crippen LogP contribution in [0.4, 0.5) is 0 Å². The molecule has 1 aliphatic rings. The van der Waals surface area contributed by atoms with E-state index in [1.807, 2.05) is 36.5 Å². The SMILES string of the molecule is CCCCCC(CCCCC)CC(=O)CC(=O)CCc1cc(OC)c(O)c([C@@H](C2=CCNC(N)=C2)[C@H](CO)Cc2ccc[nH]2)c1. The largest absolute Gasteiger partial charge is 0.504 e. The molecule has 0 saturated carbocycles. The number of aryl methyl sites for hydroxylation is 1. The van der Waals surface area contributed by atoms with E-state index in [2.05, 4.69) is 24.1 Å². The Bertz CT molecular complexity index is 1260. The zero-order valence-corrected chi connectivity index (χ0v) is 27.6. The van der Waals surface area contributed by atoms with Crippen molar-refractivity contribution in [3.63, 3.8) is 0 Å². The Morgan fingerprint density at radius 1 is 1.07 bits per heavy atom. The molecule has 0 fully saturated rings. The lowest BCUT2D eigenvalue weighted by Crippen LogP contribution is -2.28. The number of dihydropyridines is 1. The van der Waals surface area contributed by atoms with E-state index in [0.717, 1.165) is 55.4 Å². The van der Waals surface area contributed by atoms with E-state index in [9.17, 15) is 19.8 Å². The number of aromatic amines is 1. The highest BCUT2D eigenvalue weighted by Gasteiger charge is 2.31. The van der Waals surface area contributed by atoms with Gasteiger partial charge in [-0.1, -0.05) is 77.4 Å². The highest BCUT2D eigenvalue weighted by Crippen LogP contribution is 2.44. The third-order valence-corrected chi connectivity index (χ3v) is 8.93. The molecule has 45 heavy (non-hydrogen) atoms. The van der Waals surface area contributed by atoms with Crippen LogP contribution in [0.3, 0.4) is 0 Å². The summed E-state index contributed by atoms with van der Waals surface area (Å²) in [7, 11) is 1.50. The zero-order chi connectivity index (χ0) is 32.6. The third kappa shape index (κ3) is 11.4. The highest BCUT2D eigenvalue weighted by atomic mass is 16.5. The van der Waals surface area contributed by atoms with Gasteiger partial charge in [0.2, 0.25) is 0 Å². The van der Waals surface area contributed by atoms with Crippen LogP contribution in [0.1, 0.15) is 107 Å². The molecule has 1 aliphatic heterocycles. The second kappa shape index (κ2) is 19.1. The van der Waals surface area contributed by atoms with E-state index >= 15 is 0 Å². The van der Waals surface area contributed by atoms with Gasteiger partial charge in [0.15, 0.2) is 11.5 Å². The molecule has 1 aromatic carbocycles. The number of unbranched alkanes of at least 4 members (excludes halogenated alkanes) is 4. The van der Waals surface area contributed by atoms with Gasteiger partial charge >= 0.3 is 0 Å². The fourth-order valence-electron chi connectivity index (χ4n) is 6.49. The first-order valence-electron chi connectivity index (χ1n) is 16.9. The number of H-pyrrole nitrogens is 1. The summed E-state index contributed by atoms with van der Waals surface area (Å²) in [6.07, 6.45) is 16.4. The molecule has 2 atom stereocenters. The number of phenolic OH excluding ortho intramolecular Hbond substituents is 1. The van der Waals surface area contributed by atoms with Crippen LogP contribution in [0.2, 0.25) is 0 Å². The Morgan fingerprint density at radius 3 is 2.40 bits per heavy atom. The van der Waals surface area contributed by atoms with E-state index in [0.29, 0.717) is 48.9 Å². The molecule has 248 valence electrons. The molecule has 0 unspecified atom stereocenters. The molecule has 8 heteroatoms. The van der Waals surface area contributed by atoms with E-state index in [1.54, 1.807) is 6.07 Å². The van der Waals surface area contributed by atoms with Crippen LogP contribution in [0, 0.1) is 11.8 Å². The quantitative estimate of drug-likeness (QED) is 0.0736. The van der Waals surface area contributed by atoms with Gasteiger partial charge in [-0.2, -0.15) is 0 Å². The van der Waals surface area contributed by atoms with Gasteiger partial charge in [0.1, 0.15) is 11.6 Å². The Balaban J connectivity index is 1.77. The molecule has 2 aromatic rings. The van der Waals surface area contributed by atoms with Crippen LogP contribution in [-0.4, -0.2) is 47.0 Å². The summed E-state index contributed by atoms with van der Waals surface area (Å²) in [5, 5.41) is 25.0. The summed E-state index contributed by atoms with van der Waals surface area (Å²) in [6.45, 7) is 4.79.